The van der Waals surface area contributed by atoms with Crippen molar-refractivity contribution in [3.8, 4) is 5.88 Å². The van der Waals surface area contributed by atoms with E-state index in [1.165, 1.54) is 6.08 Å². The Hall–Kier alpha value is -3.29. The summed E-state index contributed by atoms with van der Waals surface area (Å²) < 4.78 is 7.15. The van der Waals surface area contributed by atoms with E-state index in [1.807, 2.05) is 19.1 Å². The van der Waals surface area contributed by atoms with Gasteiger partial charge in [-0.2, -0.15) is 0 Å². The zero-order valence-electron chi connectivity index (χ0n) is 13.1. The van der Waals surface area contributed by atoms with E-state index in [4.69, 9.17) is 4.74 Å². The van der Waals surface area contributed by atoms with Crippen LogP contribution in [0.15, 0.2) is 43.0 Å². The van der Waals surface area contributed by atoms with Crippen molar-refractivity contribution in [3.05, 3.63) is 54.4 Å². The van der Waals surface area contributed by atoms with Crippen LogP contribution in [0.4, 0.5) is 0 Å². The minimum Gasteiger partial charge on any atom is -0.475 e. The smallest absolute Gasteiger partial charge is 0.260 e. The molecule has 0 aliphatic heterocycles. The Morgan fingerprint density at radius 1 is 1.38 bits per heavy atom. The predicted octanol–water partition coefficient (Wildman–Crippen LogP) is 1.25. The molecule has 0 bridgehead atoms. The highest BCUT2D eigenvalue weighted by Crippen LogP contribution is 2.14. The SMILES string of the molecule is CCOc1nccn2c(CNC(=O)/C=C/c3cccnc3)nnc12. The normalized spacial score (nSPS) is 11.0. The van der Waals surface area contributed by atoms with Gasteiger partial charge in [0.15, 0.2) is 5.82 Å². The van der Waals surface area contributed by atoms with Crippen molar-refractivity contribution < 1.29 is 9.53 Å². The lowest BCUT2D eigenvalue weighted by atomic mass is 10.2. The standard InChI is InChI=1S/C16H16N6O2/c1-2-24-16-15-21-20-13(22(15)9-8-18-16)11-19-14(23)6-5-12-4-3-7-17-10-12/h3-10H,2,11H2,1H3,(H,19,23)/b6-5+. The quantitative estimate of drug-likeness (QED) is 0.686. The Morgan fingerprint density at radius 2 is 2.29 bits per heavy atom. The molecule has 1 amide bonds. The van der Waals surface area contributed by atoms with Gasteiger partial charge in [0.1, 0.15) is 0 Å². The molecule has 0 atom stereocenters. The molecule has 0 aliphatic rings. The van der Waals surface area contributed by atoms with Crippen LogP contribution in [-0.4, -0.2) is 37.1 Å². The van der Waals surface area contributed by atoms with E-state index in [9.17, 15) is 4.79 Å². The van der Waals surface area contributed by atoms with Crippen molar-refractivity contribution in [2.45, 2.75) is 13.5 Å². The molecular formula is C16H16N6O2. The molecule has 1 N–H and O–H groups in total. The van der Waals surface area contributed by atoms with E-state index >= 15 is 0 Å². The number of hydrogen-bond acceptors (Lipinski definition) is 6. The molecule has 0 radical (unpaired) electrons. The lowest BCUT2D eigenvalue weighted by Gasteiger charge is -2.04. The van der Waals surface area contributed by atoms with E-state index in [1.54, 1.807) is 35.3 Å². The molecule has 3 aromatic rings. The Kier molecular flexibility index (Phi) is 4.76. The summed E-state index contributed by atoms with van der Waals surface area (Å²) in [7, 11) is 0. The molecule has 8 heteroatoms. The van der Waals surface area contributed by atoms with E-state index < -0.39 is 0 Å². The first-order valence-corrected chi connectivity index (χ1v) is 7.45. The molecule has 0 spiro atoms. The van der Waals surface area contributed by atoms with Crippen LogP contribution in [0.5, 0.6) is 5.88 Å². The van der Waals surface area contributed by atoms with Gasteiger partial charge in [0, 0.05) is 30.9 Å². The maximum Gasteiger partial charge on any atom is 0.260 e. The van der Waals surface area contributed by atoms with Crippen LogP contribution in [0.25, 0.3) is 11.7 Å². The van der Waals surface area contributed by atoms with Gasteiger partial charge in [0.2, 0.25) is 11.6 Å². The molecule has 122 valence electrons. The lowest BCUT2D eigenvalue weighted by molar-refractivity contribution is -0.116. The van der Waals surface area contributed by atoms with Crippen LogP contribution < -0.4 is 10.1 Å². The summed E-state index contributed by atoms with van der Waals surface area (Å²) in [5.41, 5.74) is 1.38. The summed E-state index contributed by atoms with van der Waals surface area (Å²) in [5.74, 6) is 0.785. The maximum atomic E-state index is 11.9. The van der Waals surface area contributed by atoms with Gasteiger partial charge >= 0.3 is 0 Å². The number of nitrogens with one attached hydrogen (secondary N) is 1. The number of aromatic nitrogens is 5. The van der Waals surface area contributed by atoms with Crippen molar-refractivity contribution in [1.29, 1.82) is 0 Å². The van der Waals surface area contributed by atoms with E-state index in [2.05, 4.69) is 25.5 Å². The van der Waals surface area contributed by atoms with Crippen LogP contribution in [0, 0.1) is 0 Å². The fraction of sp³-hybridized carbons (Fsp3) is 0.188. The molecule has 0 aromatic carbocycles. The van der Waals surface area contributed by atoms with E-state index in [0.717, 1.165) is 5.56 Å². The number of carbonyl (C=O) groups is 1. The first-order valence-electron chi connectivity index (χ1n) is 7.45. The third-order valence-electron chi connectivity index (χ3n) is 3.18. The van der Waals surface area contributed by atoms with Crippen LogP contribution in [0.1, 0.15) is 18.3 Å². The van der Waals surface area contributed by atoms with Crippen molar-refractivity contribution in [2.75, 3.05) is 6.61 Å². The first kappa shape index (κ1) is 15.6. The lowest BCUT2D eigenvalue weighted by Crippen LogP contribution is -2.21. The van der Waals surface area contributed by atoms with Gasteiger partial charge in [0.25, 0.3) is 5.88 Å². The second-order valence-electron chi connectivity index (χ2n) is 4.81. The van der Waals surface area contributed by atoms with Gasteiger partial charge in [-0.3, -0.25) is 14.2 Å². The number of pyridine rings is 1. The average molecular weight is 324 g/mol. The molecule has 8 nitrogen and oxygen atoms in total. The molecule has 3 heterocycles. The Labute approximate surface area is 138 Å². The molecular weight excluding hydrogens is 308 g/mol. The number of ether oxygens (including phenoxy) is 1. The zero-order chi connectivity index (χ0) is 16.8. The van der Waals surface area contributed by atoms with Crippen LogP contribution in [0.3, 0.4) is 0 Å². The monoisotopic (exact) mass is 324 g/mol. The Bertz CT molecular complexity index is 859. The minimum atomic E-state index is -0.227. The van der Waals surface area contributed by atoms with Gasteiger partial charge in [0.05, 0.1) is 13.2 Å². The molecule has 0 saturated heterocycles. The molecule has 24 heavy (non-hydrogen) atoms. The summed E-state index contributed by atoms with van der Waals surface area (Å²) in [6, 6.07) is 3.68. The van der Waals surface area contributed by atoms with Crippen LogP contribution in [-0.2, 0) is 11.3 Å². The topological polar surface area (TPSA) is 94.3 Å². The number of fused-ring (bicyclic) bond motifs is 1. The molecule has 0 saturated carbocycles. The third kappa shape index (κ3) is 3.54. The highest BCUT2D eigenvalue weighted by Gasteiger charge is 2.11. The summed E-state index contributed by atoms with van der Waals surface area (Å²) in [5, 5.41) is 10.9. The zero-order valence-corrected chi connectivity index (χ0v) is 13.1. The summed E-state index contributed by atoms with van der Waals surface area (Å²) >= 11 is 0. The Balaban J connectivity index is 1.66. The molecule has 3 aromatic heterocycles. The fourth-order valence-corrected chi connectivity index (χ4v) is 2.08. The third-order valence-corrected chi connectivity index (χ3v) is 3.18. The second-order valence-corrected chi connectivity index (χ2v) is 4.81. The average Bonchev–Trinajstić information content (AvgIpc) is 3.03. The molecule has 0 fully saturated rings. The fourth-order valence-electron chi connectivity index (χ4n) is 2.08. The van der Waals surface area contributed by atoms with Crippen LogP contribution >= 0.6 is 0 Å². The number of nitrogens with zero attached hydrogens (tertiary/aromatic N) is 5. The van der Waals surface area contributed by atoms with Crippen molar-refractivity contribution in [3.63, 3.8) is 0 Å². The summed E-state index contributed by atoms with van der Waals surface area (Å²) in [4.78, 5) is 20.0. The largest absolute Gasteiger partial charge is 0.475 e. The predicted molar refractivity (Wildman–Crippen MR) is 87.1 cm³/mol. The number of hydrogen-bond donors (Lipinski definition) is 1. The number of carbonyl (C=O) groups excluding carboxylic acids is 1. The molecule has 0 aliphatic carbocycles. The van der Waals surface area contributed by atoms with Crippen molar-refractivity contribution in [2.24, 2.45) is 0 Å². The molecule has 3 rings (SSSR count). The highest BCUT2D eigenvalue weighted by atomic mass is 16.5. The van der Waals surface area contributed by atoms with E-state index in [-0.39, 0.29) is 12.5 Å². The summed E-state index contributed by atoms with van der Waals surface area (Å²) in [6.45, 7) is 2.61. The van der Waals surface area contributed by atoms with Gasteiger partial charge in [-0.15, -0.1) is 10.2 Å². The van der Waals surface area contributed by atoms with Crippen molar-refractivity contribution >= 4 is 17.6 Å². The summed E-state index contributed by atoms with van der Waals surface area (Å²) in [6.07, 6.45) is 9.84. The highest BCUT2D eigenvalue weighted by molar-refractivity contribution is 5.91. The van der Waals surface area contributed by atoms with Gasteiger partial charge in [-0.25, -0.2) is 4.98 Å². The second kappa shape index (κ2) is 7.32. The van der Waals surface area contributed by atoms with Crippen LogP contribution in [0.2, 0.25) is 0 Å². The number of amides is 1. The molecule has 0 unspecified atom stereocenters. The van der Waals surface area contributed by atoms with Gasteiger partial charge in [-0.1, -0.05) is 6.07 Å². The Morgan fingerprint density at radius 3 is 3.08 bits per heavy atom. The minimum absolute atomic E-state index is 0.227. The maximum absolute atomic E-state index is 11.9. The van der Waals surface area contributed by atoms with E-state index in [0.29, 0.717) is 24.0 Å². The van der Waals surface area contributed by atoms with Gasteiger partial charge in [-0.05, 0) is 24.6 Å². The number of rotatable bonds is 6. The first-order chi connectivity index (χ1) is 11.8. The van der Waals surface area contributed by atoms with Crippen molar-refractivity contribution in [1.82, 2.24) is 29.9 Å². The van der Waals surface area contributed by atoms with Gasteiger partial charge < -0.3 is 10.1 Å².